The Hall–Kier alpha value is -1.62. The van der Waals surface area contributed by atoms with E-state index in [0.717, 1.165) is 25.4 Å². The quantitative estimate of drug-likeness (QED) is 0.147. The lowest BCUT2D eigenvalue weighted by atomic mass is 10.1. The third-order valence-electron chi connectivity index (χ3n) is 3.90. The maximum Gasteiger partial charge on any atom is 0.186 e. The smallest absolute Gasteiger partial charge is 0.186 e. The summed E-state index contributed by atoms with van der Waals surface area (Å²) >= 11 is 9.29. The number of furan rings is 1. The van der Waals surface area contributed by atoms with Crippen LogP contribution in [0.5, 0.6) is 0 Å². The molecule has 0 bridgehead atoms. The van der Waals surface area contributed by atoms with Crippen molar-refractivity contribution >= 4 is 41.9 Å². The number of rotatable bonds is 8. The second kappa shape index (κ2) is 11.2. The molecule has 1 fully saturated rings. The maximum absolute atomic E-state index is 5.97. The van der Waals surface area contributed by atoms with Gasteiger partial charge < -0.3 is 9.73 Å². The van der Waals surface area contributed by atoms with Gasteiger partial charge in [-0.2, -0.15) is 10.2 Å². The molecule has 1 unspecified atom stereocenters. The van der Waals surface area contributed by atoms with Crippen LogP contribution >= 0.6 is 24.8 Å². The number of hydrazone groups is 2. The number of piperidine rings is 1. The summed E-state index contributed by atoms with van der Waals surface area (Å²) in [5.74, 6) is 1.54. The summed E-state index contributed by atoms with van der Waals surface area (Å²) in [4.78, 5) is 2.41. The molecule has 4 N–H and O–H groups in total. The SMILES string of the molecule is CNC(=S)N/N=C/C(=N\NC(S)NC)c1ccc(CN2CCCCC2)o1. The summed E-state index contributed by atoms with van der Waals surface area (Å²) in [7, 11) is 3.50. The molecule has 1 aromatic heterocycles. The first kappa shape index (κ1) is 20.7. The zero-order chi connectivity index (χ0) is 18.8. The van der Waals surface area contributed by atoms with Crippen LogP contribution in [-0.2, 0) is 6.54 Å². The van der Waals surface area contributed by atoms with Crippen molar-refractivity contribution in [1.82, 2.24) is 26.4 Å². The minimum Gasteiger partial charge on any atom is -0.458 e. The highest BCUT2D eigenvalue weighted by atomic mass is 32.1. The topological polar surface area (TPSA) is 89.2 Å². The third-order valence-corrected chi connectivity index (χ3v) is 4.57. The van der Waals surface area contributed by atoms with E-state index in [1.807, 2.05) is 12.1 Å². The molecule has 1 aliphatic heterocycles. The first-order valence-electron chi connectivity index (χ1n) is 8.63. The molecule has 10 heteroatoms. The van der Waals surface area contributed by atoms with Crippen molar-refractivity contribution in [3.63, 3.8) is 0 Å². The normalized spacial score (nSPS) is 17.3. The second-order valence-electron chi connectivity index (χ2n) is 5.87. The van der Waals surface area contributed by atoms with Gasteiger partial charge in [0.15, 0.2) is 10.9 Å². The molecule has 26 heavy (non-hydrogen) atoms. The van der Waals surface area contributed by atoms with Crippen molar-refractivity contribution in [2.24, 2.45) is 10.2 Å². The average Bonchev–Trinajstić information content (AvgIpc) is 3.12. The molecule has 1 aliphatic rings. The molecule has 1 aromatic rings. The van der Waals surface area contributed by atoms with E-state index in [1.54, 1.807) is 20.3 Å². The van der Waals surface area contributed by atoms with Crippen molar-refractivity contribution in [3.8, 4) is 0 Å². The van der Waals surface area contributed by atoms with Gasteiger partial charge >= 0.3 is 0 Å². The van der Waals surface area contributed by atoms with E-state index in [2.05, 4.69) is 49.2 Å². The molecule has 1 saturated heterocycles. The zero-order valence-electron chi connectivity index (χ0n) is 15.2. The Bertz CT molecular complexity index is 626. The van der Waals surface area contributed by atoms with Crippen molar-refractivity contribution in [2.45, 2.75) is 31.3 Å². The van der Waals surface area contributed by atoms with Crippen LogP contribution in [0.4, 0.5) is 0 Å². The van der Waals surface area contributed by atoms with Crippen LogP contribution in [0.3, 0.4) is 0 Å². The Balaban J connectivity index is 2.06. The fourth-order valence-corrected chi connectivity index (χ4v) is 2.60. The van der Waals surface area contributed by atoms with Gasteiger partial charge in [-0.3, -0.25) is 21.1 Å². The highest BCUT2D eigenvalue weighted by Crippen LogP contribution is 2.15. The molecule has 0 aliphatic carbocycles. The molecule has 144 valence electrons. The van der Waals surface area contributed by atoms with Crippen molar-refractivity contribution in [1.29, 1.82) is 0 Å². The minimum absolute atomic E-state index is 0.285. The largest absolute Gasteiger partial charge is 0.458 e. The fraction of sp³-hybridized carbons (Fsp3) is 0.562. The molecule has 0 amide bonds. The van der Waals surface area contributed by atoms with Gasteiger partial charge in [0.05, 0.1) is 12.8 Å². The van der Waals surface area contributed by atoms with E-state index in [9.17, 15) is 0 Å². The number of likely N-dealkylation sites (tertiary alicyclic amines) is 1. The number of hydrogen-bond donors (Lipinski definition) is 5. The van der Waals surface area contributed by atoms with Gasteiger partial charge in [-0.25, -0.2) is 0 Å². The molecule has 8 nitrogen and oxygen atoms in total. The summed E-state index contributed by atoms with van der Waals surface area (Å²) in [6.07, 6.45) is 5.37. The van der Waals surface area contributed by atoms with Gasteiger partial charge in [-0.15, -0.1) is 12.6 Å². The Kier molecular flexibility index (Phi) is 8.89. The average molecular weight is 398 g/mol. The van der Waals surface area contributed by atoms with Gasteiger partial charge in [-0.05, 0) is 57.3 Å². The first-order chi connectivity index (χ1) is 12.6. The highest BCUT2D eigenvalue weighted by Gasteiger charge is 2.14. The van der Waals surface area contributed by atoms with Crippen LogP contribution in [0, 0.1) is 0 Å². The van der Waals surface area contributed by atoms with E-state index in [-0.39, 0.29) is 5.50 Å². The highest BCUT2D eigenvalue weighted by molar-refractivity contribution is 7.80. The molecule has 0 radical (unpaired) electrons. The summed E-state index contributed by atoms with van der Waals surface area (Å²) in [5.41, 5.74) is 5.83. The Morgan fingerprint density at radius 3 is 2.81 bits per heavy atom. The number of thiol groups is 1. The van der Waals surface area contributed by atoms with Crippen molar-refractivity contribution in [3.05, 3.63) is 23.7 Å². The molecule has 1 atom stereocenters. The van der Waals surface area contributed by atoms with Gasteiger partial charge in [0.1, 0.15) is 17.0 Å². The first-order valence-corrected chi connectivity index (χ1v) is 9.55. The Morgan fingerprint density at radius 2 is 2.12 bits per heavy atom. The van der Waals surface area contributed by atoms with Crippen molar-refractivity contribution < 1.29 is 4.42 Å². The molecule has 0 saturated carbocycles. The zero-order valence-corrected chi connectivity index (χ0v) is 16.9. The van der Waals surface area contributed by atoms with E-state index in [1.165, 1.54) is 19.3 Å². The van der Waals surface area contributed by atoms with E-state index < -0.39 is 0 Å². The van der Waals surface area contributed by atoms with Crippen LogP contribution < -0.4 is 21.5 Å². The van der Waals surface area contributed by atoms with Gasteiger partial charge in [0, 0.05) is 7.05 Å². The van der Waals surface area contributed by atoms with Crippen LogP contribution in [0.25, 0.3) is 0 Å². The minimum atomic E-state index is -0.285. The lowest BCUT2D eigenvalue weighted by Crippen LogP contribution is -2.33. The Labute approximate surface area is 165 Å². The Morgan fingerprint density at radius 1 is 1.35 bits per heavy atom. The molecular formula is C16H27N7OS2. The summed E-state index contributed by atoms with van der Waals surface area (Å²) in [6, 6.07) is 3.88. The number of hydrogen-bond acceptors (Lipinski definition) is 8. The van der Waals surface area contributed by atoms with Gasteiger partial charge in [0.25, 0.3) is 0 Å². The van der Waals surface area contributed by atoms with Crippen LogP contribution in [0.1, 0.15) is 30.8 Å². The fourth-order valence-electron chi connectivity index (χ4n) is 2.49. The monoisotopic (exact) mass is 397 g/mol. The standard InChI is InChI=1S/C16H27N7OS2/c1-17-15(25)21-19-10-13(20-22-16(26)18-2)14-7-6-12(24-14)11-23-8-4-3-5-9-23/h6-7,10,16,18,22,26H,3-5,8-9,11H2,1-2H3,(H2,17,21,25)/b19-10+,20-13+. The maximum atomic E-state index is 5.97. The summed E-state index contributed by atoms with van der Waals surface area (Å²) in [6.45, 7) is 3.05. The van der Waals surface area contributed by atoms with E-state index in [0.29, 0.717) is 16.6 Å². The number of thiocarbonyl (C=S) groups is 1. The lowest BCUT2D eigenvalue weighted by molar-refractivity contribution is 0.205. The van der Waals surface area contributed by atoms with Crippen LogP contribution in [0.2, 0.25) is 0 Å². The third kappa shape index (κ3) is 6.94. The molecule has 2 rings (SSSR count). The van der Waals surface area contributed by atoms with Crippen molar-refractivity contribution in [2.75, 3.05) is 27.2 Å². The van der Waals surface area contributed by atoms with E-state index >= 15 is 0 Å². The van der Waals surface area contributed by atoms with Gasteiger partial charge in [0.2, 0.25) is 0 Å². The predicted molar refractivity (Wildman–Crippen MR) is 113 cm³/mol. The second-order valence-corrected chi connectivity index (χ2v) is 6.79. The molecular weight excluding hydrogens is 370 g/mol. The number of nitrogens with zero attached hydrogens (tertiary/aromatic N) is 3. The number of nitrogens with one attached hydrogen (secondary N) is 4. The molecule has 0 aromatic carbocycles. The van der Waals surface area contributed by atoms with Crippen LogP contribution in [-0.4, -0.2) is 54.6 Å². The lowest BCUT2D eigenvalue weighted by Gasteiger charge is -2.25. The summed E-state index contributed by atoms with van der Waals surface area (Å²) < 4.78 is 5.97. The molecule has 0 spiro atoms. The summed E-state index contributed by atoms with van der Waals surface area (Å²) in [5, 5.41) is 14.5. The predicted octanol–water partition coefficient (Wildman–Crippen LogP) is 1.07. The van der Waals surface area contributed by atoms with E-state index in [4.69, 9.17) is 16.6 Å². The van der Waals surface area contributed by atoms with Crippen LogP contribution in [0.15, 0.2) is 26.8 Å². The molecule has 2 heterocycles. The van der Waals surface area contributed by atoms with Gasteiger partial charge in [-0.1, -0.05) is 6.42 Å².